The molecule has 0 atom stereocenters. The summed E-state index contributed by atoms with van der Waals surface area (Å²) in [5.41, 5.74) is 2.56. The van der Waals surface area contributed by atoms with Crippen LogP contribution in [0.5, 0.6) is 0 Å². The lowest BCUT2D eigenvalue weighted by molar-refractivity contribution is 0.590. The van der Waals surface area contributed by atoms with Gasteiger partial charge in [0, 0.05) is 17.7 Å². The van der Waals surface area contributed by atoms with E-state index in [4.69, 9.17) is 0 Å². The van der Waals surface area contributed by atoms with Crippen molar-refractivity contribution in [2.24, 2.45) is 0 Å². The maximum absolute atomic E-state index is 4.61. The molecular formula is C17H20BrN3. The lowest BCUT2D eigenvalue weighted by Crippen LogP contribution is -2.10. The molecule has 1 aromatic heterocycles. The summed E-state index contributed by atoms with van der Waals surface area (Å²) in [7, 11) is 0. The Balaban J connectivity index is 1.80. The number of benzene rings is 1. The van der Waals surface area contributed by atoms with Crippen molar-refractivity contribution in [1.82, 2.24) is 9.97 Å². The summed E-state index contributed by atoms with van der Waals surface area (Å²) in [5, 5.41) is 3.37. The van der Waals surface area contributed by atoms with Crippen molar-refractivity contribution in [3.8, 4) is 0 Å². The molecule has 1 fully saturated rings. The molecule has 3 rings (SSSR count). The smallest absolute Gasteiger partial charge is 0.135 e. The van der Waals surface area contributed by atoms with E-state index < -0.39 is 0 Å². The van der Waals surface area contributed by atoms with Crippen LogP contribution in [0.1, 0.15) is 50.9 Å². The monoisotopic (exact) mass is 345 g/mol. The van der Waals surface area contributed by atoms with Gasteiger partial charge in [-0.05, 0) is 51.9 Å². The summed E-state index contributed by atoms with van der Waals surface area (Å²) in [6, 6.07) is 10.5. The second kappa shape index (κ2) is 5.41. The Kier molecular flexibility index (Phi) is 3.74. The molecule has 1 N–H and O–H groups in total. The highest BCUT2D eigenvalue weighted by Crippen LogP contribution is 2.39. The Morgan fingerprint density at radius 1 is 1.10 bits per heavy atom. The van der Waals surface area contributed by atoms with Gasteiger partial charge in [-0.3, -0.25) is 0 Å². The summed E-state index contributed by atoms with van der Waals surface area (Å²) in [5.74, 6) is 2.34. The van der Waals surface area contributed by atoms with Crippen LogP contribution in [-0.4, -0.2) is 9.97 Å². The first kappa shape index (κ1) is 14.5. The molecule has 1 heterocycles. The molecule has 0 bridgehead atoms. The topological polar surface area (TPSA) is 37.8 Å². The molecule has 1 aliphatic rings. The molecule has 1 saturated carbocycles. The fourth-order valence-electron chi connectivity index (χ4n) is 2.22. The first-order chi connectivity index (χ1) is 9.91. The molecule has 1 aromatic carbocycles. The van der Waals surface area contributed by atoms with Gasteiger partial charge in [0.05, 0.1) is 0 Å². The largest absolute Gasteiger partial charge is 0.340 e. The van der Waals surface area contributed by atoms with E-state index in [0.717, 1.165) is 21.9 Å². The molecule has 2 aromatic rings. The van der Waals surface area contributed by atoms with Crippen molar-refractivity contribution < 1.29 is 0 Å². The van der Waals surface area contributed by atoms with Gasteiger partial charge in [0.15, 0.2) is 0 Å². The molecule has 110 valence electrons. The molecule has 0 radical (unpaired) electrons. The number of aromatic nitrogens is 2. The zero-order chi connectivity index (χ0) is 15.0. The van der Waals surface area contributed by atoms with E-state index in [9.17, 15) is 0 Å². The van der Waals surface area contributed by atoms with E-state index in [1.54, 1.807) is 0 Å². The van der Waals surface area contributed by atoms with Gasteiger partial charge in [0.1, 0.15) is 16.2 Å². The minimum Gasteiger partial charge on any atom is -0.340 e. The number of hydrogen-bond donors (Lipinski definition) is 1. The van der Waals surface area contributed by atoms with Gasteiger partial charge in [-0.15, -0.1) is 0 Å². The quantitative estimate of drug-likeness (QED) is 0.781. The molecule has 4 heteroatoms. The highest BCUT2D eigenvalue weighted by molar-refractivity contribution is 9.10. The van der Waals surface area contributed by atoms with Gasteiger partial charge in [-0.25, -0.2) is 9.97 Å². The van der Waals surface area contributed by atoms with Gasteiger partial charge < -0.3 is 5.32 Å². The van der Waals surface area contributed by atoms with Crippen LogP contribution in [0, 0.1) is 0 Å². The minimum atomic E-state index is 0.176. The van der Waals surface area contributed by atoms with E-state index in [1.165, 1.54) is 18.4 Å². The van der Waals surface area contributed by atoms with Crippen molar-refractivity contribution in [1.29, 1.82) is 0 Å². The Bertz CT molecular complexity index is 640. The molecule has 21 heavy (non-hydrogen) atoms. The van der Waals surface area contributed by atoms with E-state index in [2.05, 4.69) is 76.3 Å². The molecule has 0 unspecified atom stereocenters. The Labute approximate surface area is 134 Å². The van der Waals surface area contributed by atoms with Crippen molar-refractivity contribution in [2.45, 2.75) is 44.9 Å². The van der Waals surface area contributed by atoms with Crippen LogP contribution < -0.4 is 5.32 Å². The van der Waals surface area contributed by atoms with E-state index in [0.29, 0.717) is 5.92 Å². The first-order valence-electron chi connectivity index (χ1n) is 7.34. The molecular weight excluding hydrogens is 326 g/mol. The predicted octanol–water partition coefficient (Wildman–Crippen LogP) is 5.16. The highest BCUT2D eigenvalue weighted by Gasteiger charge is 2.27. The average molecular weight is 346 g/mol. The fourth-order valence-corrected chi connectivity index (χ4v) is 2.62. The third kappa shape index (κ3) is 3.62. The van der Waals surface area contributed by atoms with Crippen LogP contribution in [0.4, 0.5) is 11.5 Å². The zero-order valence-corrected chi connectivity index (χ0v) is 14.2. The molecule has 1 aliphatic carbocycles. The summed E-state index contributed by atoms with van der Waals surface area (Å²) in [6.07, 6.45) is 2.41. The molecule has 0 aliphatic heterocycles. The van der Waals surface area contributed by atoms with Gasteiger partial charge in [0.25, 0.3) is 0 Å². The molecule has 0 spiro atoms. The summed E-state index contributed by atoms with van der Waals surface area (Å²) >= 11 is 3.47. The summed E-state index contributed by atoms with van der Waals surface area (Å²) in [6.45, 7) is 6.66. The van der Waals surface area contributed by atoms with E-state index >= 15 is 0 Å². The standard InChI is InChI=1S/C17H20BrN3/c1-17(2,3)12-6-8-13(9-7-12)19-15-10-14(18)20-16(21-15)11-4-5-11/h6-11H,4-5H2,1-3H3,(H,19,20,21). The lowest BCUT2D eigenvalue weighted by atomic mass is 9.87. The number of anilines is 2. The lowest BCUT2D eigenvalue weighted by Gasteiger charge is -2.19. The average Bonchev–Trinajstić information content (AvgIpc) is 3.21. The normalized spacial score (nSPS) is 15.0. The van der Waals surface area contributed by atoms with Gasteiger partial charge in [-0.2, -0.15) is 0 Å². The minimum absolute atomic E-state index is 0.176. The number of halogens is 1. The van der Waals surface area contributed by atoms with Crippen LogP contribution in [0.15, 0.2) is 34.9 Å². The zero-order valence-electron chi connectivity index (χ0n) is 12.7. The molecule has 3 nitrogen and oxygen atoms in total. The van der Waals surface area contributed by atoms with Crippen LogP contribution in [-0.2, 0) is 5.41 Å². The maximum Gasteiger partial charge on any atom is 0.135 e. The fraction of sp³-hybridized carbons (Fsp3) is 0.412. The number of hydrogen-bond acceptors (Lipinski definition) is 3. The Hall–Kier alpha value is -1.42. The van der Waals surface area contributed by atoms with Crippen LogP contribution in [0.2, 0.25) is 0 Å². The molecule has 0 amide bonds. The highest BCUT2D eigenvalue weighted by atomic mass is 79.9. The van der Waals surface area contributed by atoms with Gasteiger partial charge >= 0.3 is 0 Å². The SMILES string of the molecule is CC(C)(C)c1ccc(Nc2cc(Br)nc(C3CC3)n2)cc1. The van der Waals surface area contributed by atoms with E-state index in [1.807, 2.05) is 6.07 Å². The van der Waals surface area contributed by atoms with Crippen molar-refractivity contribution >= 4 is 27.4 Å². The number of rotatable bonds is 3. The van der Waals surface area contributed by atoms with E-state index in [-0.39, 0.29) is 5.41 Å². The Morgan fingerprint density at radius 2 is 1.76 bits per heavy atom. The number of nitrogens with zero attached hydrogens (tertiary/aromatic N) is 2. The summed E-state index contributed by atoms with van der Waals surface area (Å²) < 4.78 is 0.841. The summed E-state index contributed by atoms with van der Waals surface area (Å²) in [4.78, 5) is 9.06. The maximum atomic E-state index is 4.61. The second-order valence-corrected chi connectivity index (χ2v) is 7.47. The predicted molar refractivity (Wildman–Crippen MR) is 90.1 cm³/mol. The third-order valence-corrected chi connectivity index (χ3v) is 4.08. The number of nitrogens with one attached hydrogen (secondary N) is 1. The van der Waals surface area contributed by atoms with Crippen molar-refractivity contribution in [2.75, 3.05) is 5.32 Å². The second-order valence-electron chi connectivity index (χ2n) is 6.66. The van der Waals surface area contributed by atoms with Crippen LogP contribution in [0.3, 0.4) is 0 Å². The van der Waals surface area contributed by atoms with Crippen LogP contribution >= 0.6 is 15.9 Å². The third-order valence-electron chi connectivity index (χ3n) is 3.68. The Morgan fingerprint density at radius 3 is 2.33 bits per heavy atom. The molecule has 0 saturated heterocycles. The van der Waals surface area contributed by atoms with Gasteiger partial charge in [-0.1, -0.05) is 32.9 Å². The van der Waals surface area contributed by atoms with Crippen molar-refractivity contribution in [3.05, 3.63) is 46.3 Å². The first-order valence-corrected chi connectivity index (χ1v) is 8.13. The van der Waals surface area contributed by atoms with Crippen molar-refractivity contribution in [3.63, 3.8) is 0 Å². The van der Waals surface area contributed by atoms with Gasteiger partial charge in [0.2, 0.25) is 0 Å². The van der Waals surface area contributed by atoms with Crippen LogP contribution in [0.25, 0.3) is 0 Å².